The molecule has 0 atom stereocenters. The highest BCUT2D eigenvalue weighted by Crippen LogP contribution is 2.54. The van der Waals surface area contributed by atoms with Crippen molar-refractivity contribution in [3.8, 4) is 0 Å². The minimum Gasteiger partial charge on any atom is -0.303 e. The molecule has 150 valence electrons. The molecule has 0 aromatic carbocycles. The smallest absolute Gasteiger partial charge is 0.303 e. The van der Waals surface area contributed by atoms with Crippen LogP contribution in [0.15, 0.2) is 0 Å². The average Bonchev–Trinajstić information content (AvgIpc) is 2.72. The van der Waals surface area contributed by atoms with Gasteiger partial charge in [0.15, 0.2) is 0 Å². The van der Waals surface area contributed by atoms with Crippen LogP contribution in [-0.2, 0) is 18.4 Å². The van der Waals surface area contributed by atoms with Gasteiger partial charge in [0.05, 0.1) is 13.2 Å². The molecule has 0 spiro atoms. The van der Waals surface area contributed by atoms with Gasteiger partial charge in [-0.25, -0.2) is 0 Å². The van der Waals surface area contributed by atoms with E-state index in [1.54, 1.807) is 0 Å². The molecular formula is C21H37O4P. The van der Waals surface area contributed by atoms with Gasteiger partial charge in [0.25, 0.3) is 0 Å². The van der Waals surface area contributed by atoms with Crippen LogP contribution in [0.5, 0.6) is 0 Å². The molecule has 0 aromatic rings. The Labute approximate surface area is 159 Å². The molecule has 3 rings (SSSR count). The van der Waals surface area contributed by atoms with Gasteiger partial charge < -0.3 is 9.05 Å². The van der Waals surface area contributed by atoms with E-state index in [-0.39, 0.29) is 11.4 Å². The quantitative estimate of drug-likeness (QED) is 0.449. The Morgan fingerprint density at radius 2 is 1.04 bits per heavy atom. The van der Waals surface area contributed by atoms with Crippen molar-refractivity contribution in [1.29, 1.82) is 0 Å². The summed E-state index contributed by atoms with van der Waals surface area (Å²) in [7, 11) is -3.65. The van der Waals surface area contributed by atoms with Gasteiger partial charge in [0.2, 0.25) is 5.52 Å². The maximum absolute atomic E-state index is 13.5. The van der Waals surface area contributed by atoms with Crippen LogP contribution < -0.4 is 0 Å². The van der Waals surface area contributed by atoms with E-state index in [2.05, 4.69) is 0 Å². The fraction of sp³-hybridized carbons (Fsp3) is 0.952. The third-order valence-electron chi connectivity index (χ3n) is 6.63. The monoisotopic (exact) mass is 384 g/mol. The van der Waals surface area contributed by atoms with Crippen molar-refractivity contribution >= 4 is 13.1 Å². The Morgan fingerprint density at radius 3 is 1.46 bits per heavy atom. The first kappa shape index (κ1) is 20.6. The van der Waals surface area contributed by atoms with Gasteiger partial charge in [-0.15, -0.1) is 0 Å². The second-order valence-electron chi connectivity index (χ2n) is 8.77. The molecule has 0 heterocycles. The largest absolute Gasteiger partial charge is 0.397 e. The minimum atomic E-state index is -3.65. The van der Waals surface area contributed by atoms with E-state index in [4.69, 9.17) is 9.05 Å². The number of carbonyl (C=O) groups excluding carboxylic acids is 1. The van der Waals surface area contributed by atoms with E-state index in [0.29, 0.717) is 25.0 Å². The van der Waals surface area contributed by atoms with Crippen molar-refractivity contribution in [2.75, 3.05) is 13.2 Å². The third kappa shape index (κ3) is 5.91. The molecule has 0 saturated heterocycles. The molecular weight excluding hydrogens is 347 g/mol. The molecule has 0 aromatic heterocycles. The highest BCUT2D eigenvalue weighted by Gasteiger charge is 2.41. The molecule has 3 aliphatic carbocycles. The van der Waals surface area contributed by atoms with Crippen molar-refractivity contribution in [2.24, 2.45) is 17.8 Å². The molecule has 0 N–H and O–H groups in total. The molecule has 3 saturated carbocycles. The van der Waals surface area contributed by atoms with E-state index in [1.807, 2.05) is 0 Å². The Bertz CT molecular complexity index is 448. The number of rotatable bonds is 8. The van der Waals surface area contributed by atoms with Crippen molar-refractivity contribution in [3.05, 3.63) is 0 Å². The van der Waals surface area contributed by atoms with Crippen LogP contribution in [0.3, 0.4) is 0 Å². The second kappa shape index (κ2) is 10.4. The van der Waals surface area contributed by atoms with Crippen LogP contribution in [-0.4, -0.2) is 18.7 Å². The standard InChI is InChI=1S/C21H37O4P/c22-21(20-14-8-3-9-15-20)26(23,24-16-18-10-4-1-5-11-18)25-17-19-12-6-2-7-13-19/h18-20H,1-17H2. The summed E-state index contributed by atoms with van der Waals surface area (Å²) in [4.78, 5) is 13.1. The van der Waals surface area contributed by atoms with E-state index in [1.165, 1.54) is 44.9 Å². The normalized spacial score (nSPS) is 24.6. The predicted molar refractivity (Wildman–Crippen MR) is 104 cm³/mol. The zero-order valence-corrected chi connectivity index (χ0v) is 17.2. The Hall–Kier alpha value is -0.180. The lowest BCUT2D eigenvalue weighted by Gasteiger charge is -2.29. The fourth-order valence-corrected chi connectivity index (χ4v) is 6.70. The molecule has 0 unspecified atom stereocenters. The molecule has 0 radical (unpaired) electrons. The molecule has 5 heteroatoms. The van der Waals surface area contributed by atoms with Crippen LogP contribution in [0.25, 0.3) is 0 Å². The number of carbonyl (C=O) groups is 1. The van der Waals surface area contributed by atoms with Crippen molar-refractivity contribution < 1.29 is 18.4 Å². The summed E-state index contributed by atoms with van der Waals surface area (Å²) in [5.41, 5.74) is -0.219. The number of hydrogen-bond donors (Lipinski definition) is 0. The van der Waals surface area contributed by atoms with Gasteiger partial charge in [-0.1, -0.05) is 57.8 Å². The van der Waals surface area contributed by atoms with Gasteiger partial charge >= 0.3 is 7.60 Å². The highest BCUT2D eigenvalue weighted by molar-refractivity contribution is 7.71. The third-order valence-corrected chi connectivity index (χ3v) is 8.52. The Morgan fingerprint density at radius 1 is 0.654 bits per heavy atom. The first-order chi connectivity index (χ1) is 12.7. The first-order valence-corrected chi connectivity index (χ1v) is 12.7. The van der Waals surface area contributed by atoms with Crippen molar-refractivity contribution in [3.63, 3.8) is 0 Å². The lowest BCUT2D eigenvalue weighted by Crippen LogP contribution is -2.23. The van der Waals surface area contributed by atoms with Gasteiger partial charge in [0, 0.05) is 5.92 Å². The van der Waals surface area contributed by atoms with Gasteiger partial charge in [-0.2, -0.15) is 0 Å². The summed E-state index contributed by atoms with van der Waals surface area (Å²) in [5, 5.41) is 0. The molecule has 26 heavy (non-hydrogen) atoms. The summed E-state index contributed by atoms with van der Waals surface area (Å²) in [5.74, 6) is 0.760. The number of hydrogen-bond acceptors (Lipinski definition) is 4. The summed E-state index contributed by atoms with van der Waals surface area (Å²) >= 11 is 0. The van der Waals surface area contributed by atoms with Crippen LogP contribution in [0, 0.1) is 17.8 Å². The predicted octanol–water partition coefficient (Wildman–Crippen LogP) is 6.48. The Kier molecular flexibility index (Phi) is 8.21. The zero-order chi connectivity index (χ0) is 18.2. The summed E-state index contributed by atoms with van der Waals surface area (Å²) in [6, 6.07) is 0. The SMILES string of the molecule is O=C(C1CCCCC1)P(=O)(OCC1CCCCC1)OCC1CCCCC1. The maximum atomic E-state index is 13.5. The van der Waals surface area contributed by atoms with Crippen molar-refractivity contribution in [1.82, 2.24) is 0 Å². The van der Waals surface area contributed by atoms with Gasteiger partial charge in [0.1, 0.15) is 0 Å². The second-order valence-corrected chi connectivity index (χ2v) is 10.7. The molecule has 3 aliphatic rings. The maximum Gasteiger partial charge on any atom is 0.397 e. The topological polar surface area (TPSA) is 52.6 Å². The summed E-state index contributed by atoms with van der Waals surface area (Å²) in [6.07, 6.45) is 16.9. The Balaban J connectivity index is 1.60. The molecule has 0 amide bonds. The fourth-order valence-electron chi connectivity index (χ4n) is 4.85. The molecule has 0 aliphatic heterocycles. The molecule has 4 nitrogen and oxygen atoms in total. The van der Waals surface area contributed by atoms with E-state index < -0.39 is 7.60 Å². The van der Waals surface area contributed by atoms with Gasteiger partial charge in [-0.3, -0.25) is 9.36 Å². The van der Waals surface area contributed by atoms with Crippen LogP contribution in [0.1, 0.15) is 96.3 Å². The lowest BCUT2D eigenvalue weighted by atomic mass is 9.90. The lowest BCUT2D eigenvalue weighted by molar-refractivity contribution is -0.118. The summed E-state index contributed by atoms with van der Waals surface area (Å²) in [6.45, 7) is 0.862. The van der Waals surface area contributed by atoms with Crippen molar-refractivity contribution in [2.45, 2.75) is 96.3 Å². The molecule has 0 bridgehead atoms. The summed E-state index contributed by atoms with van der Waals surface area (Å²) < 4.78 is 25.2. The zero-order valence-electron chi connectivity index (χ0n) is 16.3. The van der Waals surface area contributed by atoms with E-state index >= 15 is 0 Å². The van der Waals surface area contributed by atoms with Crippen LogP contribution in [0.2, 0.25) is 0 Å². The molecule has 3 fully saturated rings. The van der Waals surface area contributed by atoms with E-state index in [0.717, 1.165) is 51.4 Å². The van der Waals surface area contributed by atoms with E-state index in [9.17, 15) is 9.36 Å². The minimum absolute atomic E-state index is 0.118. The average molecular weight is 384 g/mol. The van der Waals surface area contributed by atoms with Crippen LogP contribution >= 0.6 is 7.60 Å². The van der Waals surface area contributed by atoms with Crippen LogP contribution in [0.4, 0.5) is 0 Å². The highest BCUT2D eigenvalue weighted by atomic mass is 31.2. The van der Waals surface area contributed by atoms with Gasteiger partial charge in [-0.05, 0) is 50.4 Å². The first-order valence-electron chi connectivity index (χ1n) is 11.1.